The summed E-state index contributed by atoms with van der Waals surface area (Å²) in [6, 6.07) is 6.91. The van der Waals surface area contributed by atoms with Crippen molar-refractivity contribution in [3.63, 3.8) is 0 Å². The van der Waals surface area contributed by atoms with Crippen molar-refractivity contribution in [3.05, 3.63) is 80.6 Å². The molecule has 226 valence electrons. The molecule has 0 aromatic heterocycles. The maximum absolute atomic E-state index is 13.9. The number of primary amides is 1. The van der Waals surface area contributed by atoms with Crippen LogP contribution in [0.15, 0.2) is 53.3 Å². The minimum Gasteiger partial charge on any atom is -0.508 e. The van der Waals surface area contributed by atoms with Gasteiger partial charge >= 0.3 is 12.1 Å². The average Bonchev–Trinajstić information content (AvgIpc) is 2.90. The predicted molar refractivity (Wildman–Crippen MR) is 142 cm³/mol. The molecular formula is C29H23ClF3NO9. The van der Waals surface area contributed by atoms with E-state index in [1.807, 2.05) is 0 Å². The lowest BCUT2D eigenvalue weighted by atomic mass is 9.55. The van der Waals surface area contributed by atoms with Crippen LogP contribution in [0.5, 0.6) is 5.75 Å². The van der Waals surface area contributed by atoms with E-state index in [0.717, 1.165) is 12.1 Å². The second-order valence-electron chi connectivity index (χ2n) is 10.7. The number of aliphatic hydroxyl groups is 3. The molecule has 3 aliphatic rings. The Morgan fingerprint density at radius 1 is 1.14 bits per heavy atom. The van der Waals surface area contributed by atoms with E-state index in [4.69, 9.17) is 22.1 Å². The number of alkyl halides is 3. The van der Waals surface area contributed by atoms with Gasteiger partial charge in [0.15, 0.2) is 11.4 Å². The van der Waals surface area contributed by atoms with Gasteiger partial charge in [-0.05, 0) is 35.2 Å². The normalized spacial score (nSPS) is 26.9. The molecule has 1 amide bonds. The van der Waals surface area contributed by atoms with Crippen molar-refractivity contribution < 1.29 is 57.5 Å². The van der Waals surface area contributed by atoms with Crippen LogP contribution in [0.2, 0.25) is 5.02 Å². The number of phenolic OH excluding ortho intramolecular Hbond substituents is 1. The lowest BCUT2D eigenvalue weighted by molar-refractivity contribution is -0.178. The van der Waals surface area contributed by atoms with E-state index in [9.17, 15) is 52.8 Å². The molecule has 14 heteroatoms. The number of nitrogens with two attached hydrogens (primary N) is 1. The molecule has 1 fully saturated rings. The number of ether oxygens (including phenoxy) is 1. The molecule has 5 atom stereocenters. The highest BCUT2D eigenvalue weighted by Crippen LogP contribution is 2.56. The first-order valence-electron chi connectivity index (χ1n) is 12.8. The number of aromatic hydroxyl groups is 1. The number of benzene rings is 2. The van der Waals surface area contributed by atoms with Crippen LogP contribution in [0.3, 0.4) is 0 Å². The largest absolute Gasteiger partial charge is 0.508 e. The van der Waals surface area contributed by atoms with E-state index in [1.165, 1.54) is 18.2 Å². The van der Waals surface area contributed by atoms with Crippen molar-refractivity contribution in [2.45, 2.75) is 43.6 Å². The molecule has 6 N–H and O–H groups in total. The lowest BCUT2D eigenvalue weighted by Gasteiger charge is -2.51. The summed E-state index contributed by atoms with van der Waals surface area (Å²) in [5, 5.41) is 44.1. The van der Waals surface area contributed by atoms with Crippen molar-refractivity contribution in [3.8, 4) is 5.75 Å². The Labute approximate surface area is 245 Å². The SMILES string of the molecule is CC1c2cccc(O)c2C(O)=C2C(=O)C3(O)C(O)=C(C(N)=O)C(=O)CC3C(OC(=O)Cc3ccc(Cl)cc3C(F)(F)F)C21. The van der Waals surface area contributed by atoms with Crippen LogP contribution in [-0.2, 0) is 36.5 Å². The van der Waals surface area contributed by atoms with E-state index in [0.29, 0.717) is 11.6 Å². The molecule has 2 aromatic carbocycles. The topological polar surface area (TPSA) is 184 Å². The van der Waals surface area contributed by atoms with Crippen LogP contribution >= 0.6 is 11.6 Å². The smallest absolute Gasteiger partial charge is 0.416 e. The second-order valence-corrected chi connectivity index (χ2v) is 11.1. The molecule has 5 rings (SSSR count). The number of rotatable bonds is 4. The van der Waals surface area contributed by atoms with E-state index in [2.05, 4.69) is 0 Å². The number of halogens is 4. The summed E-state index contributed by atoms with van der Waals surface area (Å²) in [6.07, 6.45) is -8.38. The third kappa shape index (κ3) is 4.54. The number of amides is 1. The summed E-state index contributed by atoms with van der Waals surface area (Å²) < 4.78 is 46.7. The zero-order chi connectivity index (χ0) is 31.8. The van der Waals surface area contributed by atoms with E-state index < -0.39 is 111 Å². The van der Waals surface area contributed by atoms with Gasteiger partial charge in [0.25, 0.3) is 5.91 Å². The van der Waals surface area contributed by atoms with Gasteiger partial charge in [0.05, 0.1) is 17.5 Å². The molecule has 2 aromatic rings. The Bertz CT molecular complexity index is 1680. The van der Waals surface area contributed by atoms with Gasteiger partial charge in [-0.25, -0.2) is 0 Å². The zero-order valence-corrected chi connectivity index (χ0v) is 22.9. The first-order valence-corrected chi connectivity index (χ1v) is 13.2. The van der Waals surface area contributed by atoms with Crippen molar-refractivity contribution >= 4 is 40.8 Å². The first-order chi connectivity index (χ1) is 20.0. The van der Waals surface area contributed by atoms with Crippen LogP contribution in [0, 0.1) is 11.8 Å². The van der Waals surface area contributed by atoms with Gasteiger partial charge in [-0.15, -0.1) is 0 Å². The summed E-state index contributed by atoms with van der Waals surface area (Å²) in [5.41, 5.74) is -1.15. The van der Waals surface area contributed by atoms with E-state index >= 15 is 0 Å². The molecule has 3 aliphatic carbocycles. The molecule has 43 heavy (non-hydrogen) atoms. The minimum absolute atomic E-state index is 0.178. The van der Waals surface area contributed by atoms with Crippen molar-refractivity contribution in [1.29, 1.82) is 0 Å². The zero-order valence-electron chi connectivity index (χ0n) is 22.1. The number of esters is 1. The Kier molecular flexibility index (Phi) is 7.09. The van der Waals surface area contributed by atoms with Crippen molar-refractivity contribution in [1.82, 2.24) is 0 Å². The maximum Gasteiger partial charge on any atom is 0.416 e. The third-order valence-electron chi connectivity index (χ3n) is 8.32. The Balaban J connectivity index is 1.67. The fraction of sp³-hybridized carbons (Fsp3) is 0.310. The molecule has 0 bridgehead atoms. The minimum atomic E-state index is -4.89. The van der Waals surface area contributed by atoms with Gasteiger partial charge in [-0.1, -0.05) is 36.7 Å². The Morgan fingerprint density at radius 2 is 1.81 bits per heavy atom. The van der Waals surface area contributed by atoms with Gasteiger partial charge in [0, 0.05) is 28.9 Å². The Hall–Kier alpha value is -4.36. The Morgan fingerprint density at radius 3 is 2.44 bits per heavy atom. The standard InChI is InChI=1S/C29H23ClF3NO9/c1-10-13-3-2-4-16(35)20(13)23(38)22-19(10)24(15-9-17(36)21(27(34)41)25(39)28(15,42)26(22)40)43-18(37)7-11-5-6-12(30)8-14(11)29(31,32)33/h2-6,8,10,15,19,24,35,38-39,42H,7,9H2,1H3,(H2,34,41). The number of ketones is 2. The molecule has 0 saturated heterocycles. The monoisotopic (exact) mass is 621 g/mol. The lowest BCUT2D eigenvalue weighted by Crippen LogP contribution is -2.64. The highest BCUT2D eigenvalue weighted by molar-refractivity contribution is 6.30. The van der Waals surface area contributed by atoms with E-state index in [-0.39, 0.29) is 10.6 Å². The van der Waals surface area contributed by atoms with Gasteiger partial charge in [-0.3, -0.25) is 19.2 Å². The van der Waals surface area contributed by atoms with Crippen LogP contribution in [0.25, 0.3) is 5.76 Å². The highest BCUT2D eigenvalue weighted by atomic mass is 35.5. The number of Topliss-reactive ketones (excluding diaryl/α,β-unsaturated/α-hetero) is 2. The van der Waals surface area contributed by atoms with Crippen molar-refractivity contribution in [2.75, 3.05) is 0 Å². The molecule has 0 spiro atoms. The van der Waals surface area contributed by atoms with Crippen LogP contribution in [-0.4, -0.2) is 55.6 Å². The highest BCUT2D eigenvalue weighted by Gasteiger charge is 2.66. The molecule has 0 radical (unpaired) electrons. The third-order valence-corrected chi connectivity index (χ3v) is 8.55. The number of fused-ring (bicyclic) bond motifs is 3. The quantitative estimate of drug-likeness (QED) is 0.252. The van der Waals surface area contributed by atoms with Crippen LogP contribution in [0.1, 0.15) is 41.5 Å². The molecule has 1 saturated carbocycles. The summed E-state index contributed by atoms with van der Waals surface area (Å²) >= 11 is 5.72. The van der Waals surface area contributed by atoms with Gasteiger partial charge in [0.1, 0.15) is 28.9 Å². The maximum atomic E-state index is 13.9. The number of carbonyl (C=O) groups is 4. The number of hydrogen-bond acceptors (Lipinski definition) is 9. The molecule has 5 unspecified atom stereocenters. The molecule has 0 heterocycles. The molecule has 10 nitrogen and oxygen atoms in total. The fourth-order valence-corrected chi connectivity index (χ4v) is 6.57. The summed E-state index contributed by atoms with van der Waals surface area (Å²) in [6.45, 7) is 1.55. The first kappa shape index (κ1) is 30.1. The number of phenols is 1. The number of aliphatic hydroxyl groups excluding tert-OH is 2. The summed E-state index contributed by atoms with van der Waals surface area (Å²) in [4.78, 5) is 52.0. The number of carbonyl (C=O) groups excluding carboxylic acids is 4. The van der Waals surface area contributed by atoms with Gasteiger partial charge in [-0.2, -0.15) is 13.2 Å². The van der Waals surface area contributed by atoms with Crippen LogP contribution < -0.4 is 5.73 Å². The number of hydrogen-bond donors (Lipinski definition) is 5. The van der Waals surface area contributed by atoms with Crippen molar-refractivity contribution in [2.24, 2.45) is 17.6 Å². The van der Waals surface area contributed by atoms with Crippen LogP contribution in [0.4, 0.5) is 13.2 Å². The second kappa shape index (κ2) is 10.1. The molecule has 0 aliphatic heterocycles. The van der Waals surface area contributed by atoms with Gasteiger partial charge in [0.2, 0.25) is 5.78 Å². The summed E-state index contributed by atoms with van der Waals surface area (Å²) in [7, 11) is 0. The average molecular weight is 622 g/mol. The van der Waals surface area contributed by atoms with Gasteiger partial charge < -0.3 is 30.9 Å². The summed E-state index contributed by atoms with van der Waals surface area (Å²) in [5.74, 6) is -11.7. The van der Waals surface area contributed by atoms with E-state index in [1.54, 1.807) is 6.92 Å². The molecular weight excluding hydrogens is 599 g/mol. The predicted octanol–water partition coefficient (Wildman–Crippen LogP) is 3.42. The fourth-order valence-electron chi connectivity index (χ4n) is 6.40.